The van der Waals surface area contributed by atoms with Gasteiger partial charge in [0.05, 0.1) is 0 Å². The van der Waals surface area contributed by atoms with Crippen molar-refractivity contribution in [3.63, 3.8) is 0 Å². The highest BCUT2D eigenvalue weighted by Gasteiger charge is 2.21. The molecule has 0 fully saturated rings. The summed E-state index contributed by atoms with van der Waals surface area (Å²) in [6, 6.07) is 10.7. The quantitative estimate of drug-likeness (QED) is 0.652. The van der Waals surface area contributed by atoms with Crippen molar-refractivity contribution in [2.45, 2.75) is 26.2 Å². The van der Waals surface area contributed by atoms with Gasteiger partial charge in [-0.15, -0.1) is 0 Å². The molecular weight excluding hydrogens is 216 g/mol. The fourth-order valence-electron chi connectivity index (χ4n) is 2.58. The molecule has 0 atom stereocenters. The number of hydrogen-bond acceptors (Lipinski definition) is 0. The van der Waals surface area contributed by atoms with Gasteiger partial charge in [0.15, 0.2) is 0 Å². The van der Waals surface area contributed by atoms with Gasteiger partial charge >= 0.3 is 0 Å². The van der Waals surface area contributed by atoms with E-state index in [0.29, 0.717) is 0 Å². The molecule has 0 aliphatic carbocycles. The molecule has 0 amide bonds. The minimum absolute atomic E-state index is 0.0855. The van der Waals surface area contributed by atoms with Gasteiger partial charge in [-0.05, 0) is 38.9 Å². The van der Waals surface area contributed by atoms with Gasteiger partial charge in [0.2, 0.25) is 0 Å². The van der Waals surface area contributed by atoms with Crippen LogP contribution >= 0.6 is 0 Å². The molecule has 92 valence electrons. The van der Waals surface area contributed by atoms with Crippen LogP contribution in [-0.4, -0.2) is 0 Å². The lowest BCUT2D eigenvalue weighted by Crippen LogP contribution is -2.14. The van der Waals surface area contributed by atoms with Crippen molar-refractivity contribution in [2.75, 3.05) is 0 Å². The first kappa shape index (κ1) is 12.6. The molecule has 0 heteroatoms. The summed E-state index contributed by atoms with van der Waals surface area (Å²) in [5.74, 6) is 0. The topological polar surface area (TPSA) is 0 Å². The summed E-state index contributed by atoms with van der Waals surface area (Å²) >= 11 is 0. The van der Waals surface area contributed by atoms with Crippen LogP contribution in [0.3, 0.4) is 0 Å². The molecule has 0 N–H and O–H groups in total. The third-order valence-electron chi connectivity index (χ3n) is 3.30. The Morgan fingerprint density at radius 1 is 1.00 bits per heavy atom. The van der Waals surface area contributed by atoms with Gasteiger partial charge in [-0.1, -0.05) is 70.3 Å². The van der Waals surface area contributed by atoms with Crippen molar-refractivity contribution in [3.8, 4) is 0 Å². The lowest BCUT2D eigenvalue weighted by molar-refractivity contribution is 0.594. The van der Waals surface area contributed by atoms with Crippen LogP contribution in [0.25, 0.3) is 22.9 Å². The summed E-state index contributed by atoms with van der Waals surface area (Å²) < 4.78 is 0. The Balaban J connectivity index is 3.00. The van der Waals surface area contributed by atoms with E-state index in [-0.39, 0.29) is 5.41 Å². The molecule has 0 heterocycles. The summed E-state index contributed by atoms with van der Waals surface area (Å²) in [6.07, 6.45) is 3.86. The molecule has 2 rings (SSSR count). The van der Waals surface area contributed by atoms with E-state index in [1.165, 1.54) is 21.9 Å². The first-order valence-electron chi connectivity index (χ1n) is 6.30. The van der Waals surface area contributed by atoms with Gasteiger partial charge in [0.1, 0.15) is 0 Å². The van der Waals surface area contributed by atoms with E-state index in [2.05, 4.69) is 64.3 Å². The molecular formula is C18H20. The zero-order valence-corrected chi connectivity index (χ0v) is 11.5. The monoisotopic (exact) mass is 236 g/mol. The maximum absolute atomic E-state index is 3.97. The number of fused-ring (bicyclic) bond motifs is 1. The van der Waals surface area contributed by atoms with E-state index in [4.69, 9.17) is 0 Å². The lowest BCUT2D eigenvalue weighted by atomic mass is 9.79. The average molecular weight is 236 g/mol. The van der Waals surface area contributed by atoms with Crippen LogP contribution in [0.1, 0.15) is 37.5 Å². The Hall–Kier alpha value is -1.82. The van der Waals surface area contributed by atoms with Crippen molar-refractivity contribution < 1.29 is 0 Å². The average Bonchev–Trinajstić information content (AvgIpc) is 2.34. The van der Waals surface area contributed by atoms with Crippen molar-refractivity contribution in [1.29, 1.82) is 0 Å². The summed E-state index contributed by atoms with van der Waals surface area (Å²) in [6.45, 7) is 14.6. The lowest BCUT2D eigenvalue weighted by Gasteiger charge is -2.25. The third-order valence-corrected chi connectivity index (χ3v) is 3.30. The van der Waals surface area contributed by atoms with Crippen LogP contribution in [0, 0.1) is 0 Å². The van der Waals surface area contributed by atoms with Crippen LogP contribution < -0.4 is 0 Å². The number of hydrogen-bond donors (Lipinski definition) is 0. The van der Waals surface area contributed by atoms with E-state index in [9.17, 15) is 0 Å². The van der Waals surface area contributed by atoms with Crippen LogP contribution in [0.15, 0.2) is 43.5 Å². The molecule has 0 aliphatic rings. The van der Waals surface area contributed by atoms with Crippen LogP contribution in [0.2, 0.25) is 0 Å². The molecule has 0 spiro atoms. The molecule has 18 heavy (non-hydrogen) atoms. The molecule has 0 nitrogen and oxygen atoms in total. The predicted molar refractivity (Wildman–Crippen MR) is 82.8 cm³/mol. The summed E-state index contributed by atoms with van der Waals surface area (Å²) in [7, 11) is 0. The van der Waals surface area contributed by atoms with E-state index < -0.39 is 0 Å². The van der Waals surface area contributed by atoms with Crippen LogP contribution in [0.5, 0.6) is 0 Å². The normalized spacial score (nSPS) is 11.5. The largest absolute Gasteiger partial charge is 0.0984 e. The SMILES string of the molecule is C=Cc1cc2ccccc2c(C(C)(C)C)c1C=C. The third kappa shape index (κ3) is 1.99. The summed E-state index contributed by atoms with van der Waals surface area (Å²) in [5.41, 5.74) is 3.80. The first-order valence-corrected chi connectivity index (χ1v) is 6.30. The van der Waals surface area contributed by atoms with Crippen molar-refractivity contribution in [3.05, 3.63) is 60.2 Å². The van der Waals surface area contributed by atoms with Gasteiger partial charge in [-0.2, -0.15) is 0 Å². The molecule has 0 bridgehead atoms. The second kappa shape index (κ2) is 4.45. The molecule has 0 saturated heterocycles. The van der Waals surface area contributed by atoms with Crippen LogP contribution in [-0.2, 0) is 5.41 Å². The van der Waals surface area contributed by atoms with Gasteiger partial charge in [0.25, 0.3) is 0 Å². The molecule has 0 radical (unpaired) electrons. The fraction of sp³-hybridized carbons (Fsp3) is 0.222. The molecule has 2 aromatic carbocycles. The predicted octanol–water partition coefficient (Wildman–Crippen LogP) is 5.42. The van der Waals surface area contributed by atoms with E-state index in [1.807, 2.05) is 12.2 Å². The highest BCUT2D eigenvalue weighted by atomic mass is 14.2. The number of benzene rings is 2. The number of rotatable bonds is 2. The summed E-state index contributed by atoms with van der Waals surface area (Å²) in [5, 5.41) is 2.58. The van der Waals surface area contributed by atoms with Gasteiger partial charge in [0, 0.05) is 0 Å². The smallest absolute Gasteiger partial charge is 0.0120 e. The minimum Gasteiger partial charge on any atom is -0.0984 e. The van der Waals surface area contributed by atoms with Crippen LogP contribution in [0.4, 0.5) is 0 Å². The van der Waals surface area contributed by atoms with Gasteiger partial charge in [-0.25, -0.2) is 0 Å². The highest BCUT2D eigenvalue weighted by Crippen LogP contribution is 2.36. The Morgan fingerprint density at radius 2 is 1.67 bits per heavy atom. The van der Waals surface area contributed by atoms with Gasteiger partial charge < -0.3 is 0 Å². The molecule has 0 unspecified atom stereocenters. The fourth-order valence-corrected chi connectivity index (χ4v) is 2.58. The molecule has 0 aliphatic heterocycles. The Labute approximate surface area is 110 Å². The van der Waals surface area contributed by atoms with E-state index in [0.717, 1.165) is 5.56 Å². The van der Waals surface area contributed by atoms with Crippen molar-refractivity contribution in [2.24, 2.45) is 0 Å². The molecule has 0 aromatic heterocycles. The zero-order valence-electron chi connectivity index (χ0n) is 11.5. The Morgan fingerprint density at radius 3 is 2.22 bits per heavy atom. The van der Waals surface area contributed by atoms with Crippen molar-refractivity contribution in [1.82, 2.24) is 0 Å². The second-order valence-electron chi connectivity index (χ2n) is 5.63. The van der Waals surface area contributed by atoms with E-state index >= 15 is 0 Å². The maximum Gasteiger partial charge on any atom is -0.0120 e. The molecule has 2 aromatic rings. The Bertz CT molecular complexity index is 610. The summed E-state index contributed by atoms with van der Waals surface area (Å²) in [4.78, 5) is 0. The minimum atomic E-state index is 0.0855. The van der Waals surface area contributed by atoms with E-state index in [1.54, 1.807) is 0 Å². The Kier molecular flexibility index (Phi) is 3.13. The first-order chi connectivity index (χ1) is 8.49. The van der Waals surface area contributed by atoms with Crippen molar-refractivity contribution >= 4 is 22.9 Å². The highest BCUT2D eigenvalue weighted by molar-refractivity contribution is 5.93. The molecule has 0 saturated carbocycles. The van der Waals surface area contributed by atoms with Gasteiger partial charge in [-0.3, -0.25) is 0 Å². The maximum atomic E-state index is 3.97. The zero-order chi connectivity index (χ0) is 13.3. The second-order valence-corrected chi connectivity index (χ2v) is 5.63. The standard InChI is InChI=1S/C18H20/c1-6-13-12-14-10-8-9-11-16(14)17(15(13)7-2)18(3,4)5/h6-12H,1-2H2,3-5H3.